The SMILES string of the molecule is CC(C)Cc1nc(C(=O)N2CCN(C(C)C(F)(F)F)CC2)cs1. The summed E-state index contributed by atoms with van der Waals surface area (Å²) in [7, 11) is 0. The van der Waals surface area contributed by atoms with Gasteiger partial charge in [-0.3, -0.25) is 9.69 Å². The van der Waals surface area contributed by atoms with Gasteiger partial charge in [0.05, 0.1) is 5.01 Å². The van der Waals surface area contributed by atoms with Crippen molar-refractivity contribution in [1.82, 2.24) is 14.8 Å². The second-order valence-corrected chi connectivity index (χ2v) is 7.21. The first-order valence-corrected chi connectivity index (χ1v) is 8.61. The molecule has 0 aliphatic carbocycles. The van der Waals surface area contributed by atoms with Crippen LogP contribution in [-0.4, -0.2) is 59.1 Å². The molecule has 2 rings (SSSR count). The topological polar surface area (TPSA) is 36.4 Å². The summed E-state index contributed by atoms with van der Waals surface area (Å²) in [5.41, 5.74) is 0.406. The number of thiazole rings is 1. The number of rotatable bonds is 4. The number of alkyl halides is 3. The second-order valence-electron chi connectivity index (χ2n) is 6.27. The Morgan fingerprint density at radius 1 is 1.26 bits per heavy atom. The monoisotopic (exact) mass is 349 g/mol. The van der Waals surface area contributed by atoms with Gasteiger partial charge in [0.25, 0.3) is 5.91 Å². The number of carbonyl (C=O) groups is 1. The normalized spacial score (nSPS) is 18.5. The summed E-state index contributed by atoms with van der Waals surface area (Å²) in [6, 6.07) is -1.48. The van der Waals surface area contributed by atoms with Crippen molar-refractivity contribution in [3.63, 3.8) is 0 Å². The summed E-state index contributed by atoms with van der Waals surface area (Å²) in [5, 5.41) is 2.66. The molecule has 0 radical (unpaired) electrons. The lowest BCUT2D eigenvalue weighted by Crippen LogP contribution is -2.54. The molecule has 0 bridgehead atoms. The van der Waals surface area contributed by atoms with Gasteiger partial charge in [0, 0.05) is 38.0 Å². The minimum atomic E-state index is -4.23. The lowest BCUT2D eigenvalue weighted by molar-refractivity contribution is -0.181. The van der Waals surface area contributed by atoms with Gasteiger partial charge in [-0.05, 0) is 12.8 Å². The molecule has 1 atom stereocenters. The van der Waals surface area contributed by atoms with Crippen LogP contribution in [0.25, 0.3) is 0 Å². The molecule has 0 aromatic carbocycles. The molecular formula is C15H22F3N3OS. The molecule has 23 heavy (non-hydrogen) atoms. The summed E-state index contributed by atoms with van der Waals surface area (Å²) < 4.78 is 38.2. The molecule has 2 heterocycles. The molecule has 1 fully saturated rings. The smallest absolute Gasteiger partial charge is 0.335 e. The number of carbonyl (C=O) groups excluding carboxylic acids is 1. The molecule has 130 valence electrons. The minimum Gasteiger partial charge on any atom is -0.335 e. The van der Waals surface area contributed by atoms with Crippen LogP contribution in [0.4, 0.5) is 13.2 Å². The van der Waals surface area contributed by atoms with Crippen LogP contribution in [0.5, 0.6) is 0 Å². The van der Waals surface area contributed by atoms with Crippen LogP contribution in [0, 0.1) is 5.92 Å². The molecule has 1 amide bonds. The Hall–Kier alpha value is -1.15. The van der Waals surface area contributed by atoms with Gasteiger partial charge in [-0.1, -0.05) is 13.8 Å². The molecule has 1 aromatic heterocycles. The van der Waals surface area contributed by atoms with Crippen molar-refractivity contribution < 1.29 is 18.0 Å². The summed E-state index contributed by atoms with van der Waals surface area (Å²) in [4.78, 5) is 19.7. The van der Waals surface area contributed by atoms with Gasteiger partial charge in [0.2, 0.25) is 0 Å². The van der Waals surface area contributed by atoms with Crippen molar-refractivity contribution in [2.45, 2.75) is 39.4 Å². The van der Waals surface area contributed by atoms with Gasteiger partial charge >= 0.3 is 6.18 Å². The third kappa shape index (κ3) is 4.67. The number of hydrogen-bond acceptors (Lipinski definition) is 4. The van der Waals surface area contributed by atoms with Crippen molar-refractivity contribution in [3.8, 4) is 0 Å². The second kappa shape index (κ2) is 7.17. The summed E-state index contributed by atoms with van der Waals surface area (Å²) >= 11 is 1.46. The zero-order chi connectivity index (χ0) is 17.2. The van der Waals surface area contributed by atoms with E-state index in [9.17, 15) is 18.0 Å². The van der Waals surface area contributed by atoms with Crippen molar-refractivity contribution in [3.05, 3.63) is 16.1 Å². The van der Waals surface area contributed by atoms with E-state index in [0.29, 0.717) is 24.7 Å². The average molecular weight is 349 g/mol. The zero-order valence-corrected chi connectivity index (χ0v) is 14.4. The third-order valence-corrected chi connectivity index (χ3v) is 4.85. The number of halogens is 3. The van der Waals surface area contributed by atoms with Gasteiger partial charge in [0.15, 0.2) is 0 Å². The van der Waals surface area contributed by atoms with Crippen LogP contribution in [0.2, 0.25) is 0 Å². The van der Waals surface area contributed by atoms with Crippen LogP contribution in [0.1, 0.15) is 36.3 Å². The maximum atomic E-state index is 12.7. The van der Waals surface area contributed by atoms with Crippen LogP contribution >= 0.6 is 11.3 Å². The molecule has 0 N–H and O–H groups in total. The Balaban J connectivity index is 1.92. The highest BCUT2D eigenvalue weighted by molar-refractivity contribution is 7.09. The van der Waals surface area contributed by atoms with E-state index in [0.717, 1.165) is 18.4 Å². The highest BCUT2D eigenvalue weighted by Gasteiger charge is 2.41. The van der Waals surface area contributed by atoms with Gasteiger partial charge in [-0.25, -0.2) is 4.98 Å². The standard InChI is InChI=1S/C15H22F3N3OS/c1-10(2)8-13-19-12(9-23-13)14(22)21-6-4-20(5-7-21)11(3)15(16,17)18/h9-11H,4-8H2,1-3H3. The fraction of sp³-hybridized carbons (Fsp3) is 0.733. The number of amides is 1. The number of aromatic nitrogens is 1. The van der Waals surface area contributed by atoms with Crippen LogP contribution in [0.3, 0.4) is 0 Å². The first-order valence-electron chi connectivity index (χ1n) is 7.73. The Bertz CT molecular complexity index is 536. The molecule has 1 saturated heterocycles. The number of piperazine rings is 1. The Morgan fingerprint density at radius 3 is 2.39 bits per heavy atom. The van der Waals surface area contributed by atoms with E-state index in [2.05, 4.69) is 18.8 Å². The highest BCUT2D eigenvalue weighted by Crippen LogP contribution is 2.25. The fourth-order valence-electron chi connectivity index (χ4n) is 2.53. The Labute approximate surface area is 138 Å². The van der Waals surface area contributed by atoms with E-state index in [1.165, 1.54) is 16.2 Å². The van der Waals surface area contributed by atoms with Crippen molar-refractivity contribution in [1.29, 1.82) is 0 Å². The van der Waals surface area contributed by atoms with E-state index < -0.39 is 12.2 Å². The summed E-state index contributed by atoms with van der Waals surface area (Å²) in [5.74, 6) is 0.284. The predicted molar refractivity (Wildman–Crippen MR) is 83.6 cm³/mol. The third-order valence-electron chi connectivity index (χ3n) is 3.98. The maximum absolute atomic E-state index is 12.7. The van der Waals surface area contributed by atoms with Gasteiger partial charge in [-0.2, -0.15) is 13.2 Å². The Morgan fingerprint density at radius 2 is 1.87 bits per heavy atom. The molecule has 4 nitrogen and oxygen atoms in total. The van der Waals surface area contributed by atoms with Crippen molar-refractivity contribution in [2.24, 2.45) is 5.92 Å². The maximum Gasteiger partial charge on any atom is 0.403 e. The predicted octanol–water partition coefficient (Wildman–Crippen LogP) is 3.05. The van der Waals surface area contributed by atoms with Gasteiger partial charge < -0.3 is 4.90 Å². The average Bonchev–Trinajstić information content (AvgIpc) is 2.92. The zero-order valence-electron chi connectivity index (χ0n) is 13.6. The molecule has 1 aromatic rings. The quantitative estimate of drug-likeness (QED) is 0.838. The fourth-order valence-corrected chi connectivity index (χ4v) is 3.52. The van der Waals surface area contributed by atoms with Crippen molar-refractivity contribution >= 4 is 17.2 Å². The molecule has 0 saturated carbocycles. The molecule has 1 unspecified atom stereocenters. The first kappa shape index (κ1) is 18.2. The minimum absolute atomic E-state index is 0.185. The molecule has 8 heteroatoms. The van der Waals surface area contributed by atoms with Crippen molar-refractivity contribution in [2.75, 3.05) is 26.2 Å². The van der Waals surface area contributed by atoms with Crippen LogP contribution in [0.15, 0.2) is 5.38 Å². The van der Waals surface area contributed by atoms with E-state index in [1.54, 1.807) is 10.3 Å². The van der Waals surface area contributed by atoms with Crippen LogP contribution in [-0.2, 0) is 6.42 Å². The largest absolute Gasteiger partial charge is 0.403 e. The van der Waals surface area contributed by atoms with Gasteiger partial charge in [0.1, 0.15) is 11.7 Å². The Kier molecular flexibility index (Phi) is 5.67. The molecule has 1 aliphatic heterocycles. The lowest BCUT2D eigenvalue weighted by Gasteiger charge is -2.38. The van der Waals surface area contributed by atoms with Gasteiger partial charge in [-0.15, -0.1) is 11.3 Å². The molecule has 1 aliphatic rings. The van der Waals surface area contributed by atoms with E-state index in [4.69, 9.17) is 0 Å². The summed E-state index contributed by atoms with van der Waals surface area (Å²) in [6.07, 6.45) is -3.40. The lowest BCUT2D eigenvalue weighted by atomic mass is 10.1. The first-order chi connectivity index (χ1) is 10.7. The summed E-state index contributed by atoms with van der Waals surface area (Å²) in [6.45, 7) is 6.40. The highest BCUT2D eigenvalue weighted by atomic mass is 32.1. The van der Waals surface area contributed by atoms with E-state index in [-0.39, 0.29) is 19.0 Å². The van der Waals surface area contributed by atoms with Crippen LogP contribution < -0.4 is 0 Å². The number of nitrogens with zero attached hydrogens (tertiary/aromatic N) is 3. The molecular weight excluding hydrogens is 327 g/mol. The number of hydrogen-bond donors (Lipinski definition) is 0. The molecule has 0 spiro atoms. The van der Waals surface area contributed by atoms with E-state index in [1.807, 2.05) is 0 Å². The van der Waals surface area contributed by atoms with E-state index >= 15 is 0 Å².